The predicted molar refractivity (Wildman–Crippen MR) is 82.4 cm³/mol. The van der Waals surface area contributed by atoms with Crippen LogP contribution in [-0.4, -0.2) is 11.1 Å². The molecule has 3 atom stereocenters. The Bertz CT molecular complexity index is 433. The molecule has 106 valence electrons. The van der Waals surface area contributed by atoms with Gasteiger partial charge in [-0.3, -0.25) is 0 Å². The molecule has 1 aliphatic rings. The standard InChI is InChI=1S/C16H24BrNO/c1-10(2)13-6-5-11(3)8-15(13)19-16-14(17)7-12(4)9-18-16/h7,9-11,13,15H,5-6,8H2,1-4H3. The number of hydrogen-bond donors (Lipinski definition) is 0. The molecule has 3 heteroatoms. The minimum Gasteiger partial charge on any atom is -0.473 e. The number of halogens is 1. The third kappa shape index (κ3) is 3.71. The molecule has 19 heavy (non-hydrogen) atoms. The zero-order valence-electron chi connectivity index (χ0n) is 12.3. The number of rotatable bonds is 3. The lowest BCUT2D eigenvalue weighted by atomic mass is 9.75. The number of ether oxygens (including phenoxy) is 1. The van der Waals surface area contributed by atoms with Crippen molar-refractivity contribution < 1.29 is 4.74 Å². The first kappa shape index (κ1) is 14.8. The van der Waals surface area contributed by atoms with Gasteiger partial charge in [0.1, 0.15) is 6.10 Å². The van der Waals surface area contributed by atoms with Crippen LogP contribution in [0.25, 0.3) is 0 Å². The monoisotopic (exact) mass is 325 g/mol. The molecule has 0 radical (unpaired) electrons. The van der Waals surface area contributed by atoms with Gasteiger partial charge in [0.2, 0.25) is 5.88 Å². The lowest BCUT2D eigenvalue weighted by molar-refractivity contribution is 0.0420. The fourth-order valence-corrected chi connectivity index (χ4v) is 3.56. The molecule has 0 spiro atoms. The Kier molecular flexibility index (Phi) is 4.88. The second kappa shape index (κ2) is 6.25. The molecule has 1 heterocycles. The molecule has 0 saturated heterocycles. The maximum Gasteiger partial charge on any atom is 0.228 e. The molecule has 1 aromatic heterocycles. The molecule has 0 aromatic carbocycles. The number of aryl methyl sites for hydroxylation is 1. The van der Waals surface area contributed by atoms with E-state index in [4.69, 9.17) is 4.74 Å². The number of aromatic nitrogens is 1. The van der Waals surface area contributed by atoms with Crippen LogP contribution in [-0.2, 0) is 0 Å². The van der Waals surface area contributed by atoms with Gasteiger partial charge in [0, 0.05) is 6.20 Å². The second-order valence-corrected chi connectivity index (χ2v) is 7.14. The summed E-state index contributed by atoms with van der Waals surface area (Å²) < 4.78 is 7.19. The third-order valence-electron chi connectivity index (χ3n) is 4.17. The first-order valence-electron chi connectivity index (χ1n) is 7.26. The summed E-state index contributed by atoms with van der Waals surface area (Å²) in [7, 11) is 0. The topological polar surface area (TPSA) is 22.1 Å². The molecule has 1 saturated carbocycles. The van der Waals surface area contributed by atoms with E-state index in [1.165, 1.54) is 12.8 Å². The molecule has 1 fully saturated rings. The van der Waals surface area contributed by atoms with Crippen LogP contribution in [0, 0.1) is 24.7 Å². The Morgan fingerprint density at radius 2 is 2.11 bits per heavy atom. The van der Waals surface area contributed by atoms with E-state index in [1.807, 2.05) is 13.1 Å². The molecule has 0 aliphatic heterocycles. The van der Waals surface area contributed by atoms with E-state index >= 15 is 0 Å². The molecular formula is C16H24BrNO. The van der Waals surface area contributed by atoms with E-state index in [-0.39, 0.29) is 0 Å². The van der Waals surface area contributed by atoms with E-state index in [0.717, 1.165) is 28.3 Å². The fraction of sp³-hybridized carbons (Fsp3) is 0.688. The molecule has 2 rings (SSSR count). The maximum atomic E-state index is 6.23. The smallest absolute Gasteiger partial charge is 0.228 e. The Balaban J connectivity index is 2.14. The van der Waals surface area contributed by atoms with Gasteiger partial charge >= 0.3 is 0 Å². The summed E-state index contributed by atoms with van der Waals surface area (Å²) in [6.45, 7) is 8.97. The SMILES string of the molecule is Cc1cnc(OC2CC(C)CCC2C(C)C)c(Br)c1. The van der Waals surface area contributed by atoms with Gasteiger partial charge in [-0.25, -0.2) is 4.98 Å². The molecule has 2 nitrogen and oxygen atoms in total. The van der Waals surface area contributed by atoms with E-state index < -0.39 is 0 Å². The summed E-state index contributed by atoms with van der Waals surface area (Å²) in [4.78, 5) is 4.42. The van der Waals surface area contributed by atoms with Gasteiger partial charge in [-0.2, -0.15) is 0 Å². The van der Waals surface area contributed by atoms with Gasteiger partial charge in [-0.1, -0.05) is 27.2 Å². The van der Waals surface area contributed by atoms with Gasteiger partial charge in [-0.05, 0) is 65.1 Å². The molecular weight excluding hydrogens is 302 g/mol. The van der Waals surface area contributed by atoms with Crippen molar-refractivity contribution in [2.45, 2.75) is 53.1 Å². The highest BCUT2D eigenvalue weighted by Crippen LogP contribution is 2.37. The quantitative estimate of drug-likeness (QED) is 0.780. The minimum atomic E-state index is 0.301. The van der Waals surface area contributed by atoms with Crippen molar-refractivity contribution in [2.75, 3.05) is 0 Å². The Morgan fingerprint density at radius 3 is 2.74 bits per heavy atom. The van der Waals surface area contributed by atoms with Gasteiger partial charge < -0.3 is 4.74 Å². The second-order valence-electron chi connectivity index (χ2n) is 6.28. The first-order valence-corrected chi connectivity index (χ1v) is 8.05. The van der Waals surface area contributed by atoms with Crippen LogP contribution in [0.2, 0.25) is 0 Å². The summed E-state index contributed by atoms with van der Waals surface area (Å²) >= 11 is 3.56. The minimum absolute atomic E-state index is 0.301. The van der Waals surface area contributed by atoms with Crippen LogP contribution in [0.15, 0.2) is 16.7 Å². The molecule has 3 unspecified atom stereocenters. The highest BCUT2D eigenvalue weighted by molar-refractivity contribution is 9.10. The average Bonchev–Trinajstić information content (AvgIpc) is 2.32. The summed E-state index contributed by atoms with van der Waals surface area (Å²) in [6, 6.07) is 2.07. The average molecular weight is 326 g/mol. The van der Waals surface area contributed by atoms with Crippen molar-refractivity contribution in [1.29, 1.82) is 0 Å². The van der Waals surface area contributed by atoms with E-state index in [0.29, 0.717) is 17.9 Å². The molecule has 1 aliphatic carbocycles. The van der Waals surface area contributed by atoms with Gasteiger partial charge in [0.05, 0.1) is 4.47 Å². The fourth-order valence-electron chi connectivity index (χ4n) is 3.00. The van der Waals surface area contributed by atoms with Crippen LogP contribution in [0.4, 0.5) is 0 Å². The van der Waals surface area contributed by atoms with Gasteiger partial charge in [-0.15, -0.1) is 0 Å². The summed E-state index contributed by atoms with van der Waals surface area (Å²) in [5, 5.41) is 0. The van der Waals surface area contributed by atoms with Crippen LogP contribution in [0.1, 0.15) is 45.6 Å². The van der Waals surface area contributed by atoms with E-state index in [9.17, 15) is 0 Å². The van der Waals surface area contributed by atoms with Crippen molar-refractivity contribution in [2.24, 2.45) is 17.8 Å². The summed E-state index contributed by atoms with van der Waals surface area (Å²) in [5.41, 5.74) is 1.15. The van der Waals surface area contributed by atoms with E-state index in [2.05, 4.69) is 47.8 Å². The van der Waals surface area contributed by atoms with Gasteiger partial charge in [0.15, 0.2) is 0 Å². The van der Waals surface area contributed by atoms with Crippen molar-refractivity contribution >= 4 is 15.9 Å². The zero-order chi connectivity index (χ0) is 14.0. The van der Waals surface area contributed by atoms with Crippen molar-refractivity contribution in [3.05, 3.63) is 22.3 Å². The first-order chi connectivity index (χ1) is 8.97. The zero-order valence-corrected chi connectivity index (χ0v) is 13.9. The number of nitrogens with zero attached hydrogens (tertiary/aromatic N) is 1. The largest absolute Gasteiger partial charge is 0.473 e. The lowest BCUT2D eigenvalue weighted by Gasteiger charge is -2.37. The summed E-state index contributed by atoms with van der Waals surface area (Å²) in [6.07, 6.45) is 5.91. The lowest BCUT2D eigenvalue weighted by Crippen LogP contribution is -2.36. The molecule has 0 bridgehead atoms. The van der Waals surface area contributed by atoms with Crippen LogP contribution >= 0.6 is 15.9 Å². The van der Waals surface area contributed by atoms with Crippen LogP contribution < -0.4 is 4.74 Å². The number of hydrogen-bond acceptors (Lipinski definition) is 2. The number of pyridine rings is 1. The maximum absolute atomic E-state index is 6.23. The van der Waals surface area contributed by atoms with Gasteiger partial charge in [0.25, 0.3) is 0 Å². The molecule has 0 amide bonds. The Hall–Kier alpha value is -0.570. The van der Waals surface area contributed by atoms with Crippen molar-refractivity contribution in [1.82, 2.24) is 4.98 Å². The Morgan fingerprint density at radius 1 is 1.37 bits per heavy atom. The highest BCUT2D eigenvalue weighted by Gasteiger charge is 2.32. The van der Waals surface area contributed by atoms with E-state index in [1.54, 1.807) is 0 Å². The normalized spacial score (nSPS) is 27.6. The van der Waals surface area contributed by atoms with Crippen molar-refractivity contribution in [3.8, 4) is 5.88 Å². The van der Waals surface area contributed by atoms with Crippen LogP contribution in [0.3, 0.4) is 0 Å². The van der Waals surface area contributed by atoms with Crippen molar-refractivity contribution in [3.63, 3.8) is 0 Å². The molecule has 0 N–H and O–H groups in total. The Labute approximate surface area is 125 Å². The third-order valence-corrected chi connectivity index (χ3v) is 4.74. The highest BCUT2D eigenvalue weighted by atomic mass is 79.9. The molecule has 1 aromatic rings. The summed E-state index contributed by atoms with van der Waals surface area (Å²) in [5.74, 6) is 2.81. The van der Waals surface area contributed by atoms with Crippen LogP contribution in [0.5, 0.6) is 5.88 Å². The predicted octanol–water partition coefficient (Wildman–Crippen LogP) is 4.99.